The molecule has 0 amide bonds. The van der Waals surface area contributed by atoms with Crippen LogP contribution in [-0.2, 0) is 4.74 Å². The van der Waals surface area contributed by atoms with Gasteiger partial charge < -0.3 is 9.47 Å². The monoisotopic (exact) mass is 479 g/mol. The summed E-state index contributed by atoms with van der Waals surface area (Å²) in [5, 5.41) is 5.97. The van der Waals surface area contributed by atoms with Crippen LogP contribution in [0.15, 0.2) is 73.1 Å². The minimum atomic E-state index is 0.680. The van der Waals surface area contributed by atoms with Crippen LogP contribution in [0, 0.1) is 6.92 Å². The highest BCUT2D eigenvalue weighted by Crippen LogP contribution is 2.38. The molecule has 0 unspecified atom stereocenters. The highest BCUT2D eigenvalue weighted by Gasteiger charge is 2.19. The summed E-state index contributed by atoms with van der Waals surface area (Å²) in [5.41, 5.74) is 6.76. The maximum absolute atomic E-state index is 6.09. The number of pyridine rings is 3. The number of rotatable bonds is 7. The van der Waals surface area contributed by atoms with Gasteiger partial charge in [-0.3, -0.25) is 14.9 Å². The van der Waals surface area contributed by atoms with Gasteiger partial charge in [-0.2, -0.15) is 5.10 Å². The van der Waals surface area contributed by atoms with Gasteiger partial charge in [-0.25, -0.2) is 4.52 Å². The van der Waals surface area contributed by atoms with E-state index in [4.69, 9.17) is 19.6 Å². The van der Waals surface area contributed by atoms with Crippen molar-refractivity contribution in [2.75, 3.05) is 39.5 Å². The summed E-state index contributed by atoms with van der Waals surface area (Å²) in [6, 6.07) is 20.4. The van der Waals surface area contributed by atoms with E-state index in [1.54, 1.807) is 0 Å². The fourth-order valence-electron chi connectivity index (χ4n) is 4.86. The van der Waals surface area contributed by atoms with Crippen molar-refractivity contribution in [1.82, 2.24) is 24.5 Å². The highest BCUT2D eigenvalue weighted by atomic mass is 16.5. The van der Waals surface area contributed by atoms with Crippen molar-refractivity contribution in [3.05, 3.63) is 78.8 Å². The van der Waals surface area contributed by atoms with Crippen molar-refractivity contribution in [2.24, 2.45) is 0 Å². The Morgan fingerprint density at radius 1 is 1.00 bits per heavy atom. The van der Waals surface area contributed by atoms with E-state index >= 15 is 0 Å². The van der Waals surface area contributed by atoms with Gasteiger partial charge in [-0.05, 0) is 61.4 Å². The molecule has 0 aliphatic carbocycles. The molecule has 1 aliphatic rings. The quantitative estimate of drug-likeness (QED) is 0.306. The molecule has 5 aromatic rings. The number of nitrogens with zero attached hydrogens (tertiary/aromatic N) is 5. The number of hydrogen-bond donors (Lipinski definition) is 0. The predicted octanol–water partition coefficient (Wildman–Crippen LogP) is 5.02. The van der Waals surface area contributed by atoms with E-state index in [2.05, 4.69) is 28.1 Å². The molecule has 182 valence electrons. The Bertz CT molecular complexity index is 1510. The van der Waals surface area contributed by atoms with Gasteiger partial charge in [0.25, 0.3) is 0 Å². The standard InChI is InChI=1S/C29H29N5O2/c1-21-6-4-7-25(31-21)29-28(27-8-2-3-14-34(27)32-29)24-11-12-30-26-20-22(9-10-23(24)26)36-17-5-13-33-15-18-35-19-16-33/h2-4,6-12,14,20H,5,13,15-19H2,1H3. The number of benzene rings is 1. The molecule has 4 aromatic heterocycles. The normalized spacial score (nSPS) is 14.5. The van der Waals surface area contributed by atoms with E-state index in [1.165, 1.54) is 0 Å². The molecule has 1 aromatic carbocycles. The predicted molar refractivity (Wildman–Crippen MR) is 141 cm³/mol. The topological polar surface area (TPSA) is 64.8 Å². The molecule has 0 bridgehead atoms. The summed E-state index contributed by atoms with van der Waals surface area (Å²) in [7, 11) is 0. The third-order valence-electron chi connectivity index (χ3n) is 6.65. The van der Waals surface area contributed by atoms with Gasteiger partial charge in [0, 0.05) is 54.7 Å². The Morgan fingerprint density at radius 3 is 2.81 bits per heavy atom. The van der Waals surface area contributed by atoms with E-state index < -0.39 is 0 Å². The number of aromatic nitrogens is 4. The third-order valence-corrected chi connectivity index (χ3v) is 6.65. The Balaban J connectivity index is 1.32. The molecule has 36 heavy (non-hydrogen) atoms. The molecule has 1 fully saturated rings. The highest BCUT2D eigenvalue weighted by molar-refractivity contribution is 6.03. The summed E-state index contributed by atoms with van der Waals surface area (Å²) < 4.78 is 13.4. The number of fused-ring (bicyclic) bond motifs is 2. The van der Waals surface area contributed by atoms with Gasteiger partial charge in [0.05, 0.1) is 36.5 Å². The minimum Gasteiger partial charge on any atom is -0.493 e. The lowest BCUT2D eigenvalue weighted by molar-refractivity contribution is 0.0358. The summed E-state index contributed by atoms with van der Waals surface area (Å²) in [6.07, 6.45) is 4.82. The van der Waals surface area contributed by atoms with E-state index in [1.807, 2.05) is 66.3 Å². The fraction of sp³-hybridized carbons (Fsp3) is 0.276. The van der Waals surface area contributed by atoms with E-state index in [0.29, 0.717) is 6.61 Å². The zero-order valence-electron chi connectivity index (χ0n) is 20.4. The number of hydrogen-bond acceptors (Lipinski definition) is 6. The fourth-order valence-corrected chi connectivity index (χ4v) is 4.86. The lowest BCUT2D eigenvalue weighted by Gasteiger charge is -2.26. The molecular formula is C29H29N5O2. The van der Waals surface area contributed by atoms with E-state index in [-0.39, 0.29) is 0 Å². The molecule has 1 saturated heterocycles. The smallest absolute Gasteiger partial charge is 0.121 e. The molecule has 7 heteroatoms. The SMILES string of the molecule is Cc1cccc(-c2nn3ccccc3c2-c2ccnc3cc(OCCCN4CCOCC4)ccc23)n1. The lowest BCUT2D eigenvalue weighted by atomic mass is 9.98. The van der Waals surface area contributed by atoms with Gasteiger partial charge in [0.2, 0.25) is 0 Å². The molecule has 5 heterocycles. The summed E-state index contributed by atoms with van der Waals surface area (Å²) >= 11 is 0. The van der Waals surface area contributed by atoms with Crippen LogP contribution in [0.3, 0.4) is 0 Å². The van der Waals surface area contributed by atoms with Crippen LogP contribution in [0.4, 0.5) is 0 Å². The maximum atomic E-state index is 6.09. The number of aryl methyl sites for hydroxylation is 1. The van der Waals surface area contributed by atoms with Crippen molar-refractivity contribution in [2.45, 2.75) is 13.3 Å². The zero-order chi connectivity index (χ0) is 24.3. The number of morpholine rings is 1. The van der Waals surface area contributed by atoms with E-state index in [0.717, 1.165) is 89.6 Å². The molecular weight excluding hydrogens is 450 g/mol. The Morgan fingerprint density at radius 2 is 1.92 bits per heavy atom. The van der Waals surface area contributed by atoms with Crippen LogP contribution >= 0.6 is 0 Å². The second-order valence-corrected chi connectivity index (χ2v) is 9.11. The molecule has 6 rings (SSSR count). The van der Waals surface area contributed by atoms with Crippen molar-refractivity contribution >= 4 is 16.4 Å². The van der Waals surface area contributed by atoms with Gasteiger partial charge in [-0.1, -0.05) is 12.1 Å². The van der Waals surface area contributed by atoms with Crippen molar-refractivity contribution in [3.8, 4) is 28.3 Å². The van der Waals surface area contributed by atoms with Crippen LogP contribution in [0.5, 0.6) is 5.75 Å². The first kappa shape index (κ1) is 22.6. The summed E-state index contributed by atoms with van der Waals surface area (Å²) in [4.78, 5) is 11.9. The molecule has 1 aliphatic heterocycles. The minimum absolute atomic E-state index is 0.680. The molecule has 0 atom stereocenters. The largest absolute Gasteiger partial charge is 0.493 e. The second kappa shape index (κ2) is 10.0. The maximum Gasteiger partial charge on any atom is 0.121 e. The first-order valence-electron chi connectivity index (χ1n) is 12.5. The average molecular weight is 480 g/mol. The molecule has 0 saturated carbocycles. The molecule has 0 spiro atoms. The molecule has 0 radical (unpaired) electrons. The zero-order valence-corrected chi connectivity index (χ0v) is 20.4. The Labute approximate surface area is 210 Å². The summed E-state index contributed by atoms with van der Waals surface area (Å²) in [6.45, 7) is 7.38. The van der Waals surface area contributed by atoms with E-state index in [9.17, 15) is 0 Å². The van der Waals surface area contributed by atoms with Crippen molar-refractivity contribution in [3.63, 3.8) is 0 Å². The summed E-state index contributed by atoms with van der Waals surface area (Å²) in [5.74, 6) is 0.842. The number of ether oxygens (including phenoxy) is 2. The second-order valence-electron chi connectivity index (χ2n) is 9.11. The van der Waals surface area contributed by atoms with Gasteiger partial charge in [0.15, 0.2) is 0 Å². The van der Waals surface area contributed by atoms with Crippen molar-refractivity contribution in [1.29, 1.82) is 0 Å². The molecule has 7 nitrogen and oxygen atoms in total. The molecule has 0 N–H and O–H groups in total. The Kier molecular flexibility index (Phi) is 6.32. The van der Waals surface area contributed by atoms with Gasteiger partial charge in [-0.15, -0.1) is 0 Å². The first-order chi connectivity index (χ1) is 17.8. The third kappa shape index (κ3) is 4.55. The van der Waals surface area contributed by atoms with Crippen molar-refractivity contribution < 1.29 is 9.47 Å². The van der Waals surface area contributed by atoms with Gasteiger partial charge >= 0.3 is 0 Å². The van der Waals surface area contributed by atoms with Crippen LogP contribution in [0.1, 0.15) is 12.1 Å². The van der Waals surface area contributed by atoms with Crippen LogP contribution in [0.2, 0.25) is 0 Å². The Hall–Kier alpha value is -3.81. The van der Waals surface area contributed by atoms with Crippen LogP contribution in [-0.4, -0.2) is 63.9 Å². The van der Waals surface area contributed by atoms with Crippen LogP contribution < -0.4 is 4.74 Å². The average Bonchev–Trinajstić information content (AvgIpc) is 3.31. The lowest BCUT2D eigenvalue weighted by Crippen LogP contribution is -2.37. The first-order valence-corrected chi connectivity index (χ1v) is 12.5. The van der Waals surface area contributed by atoms with Crippen LogP contribution in [0.25, 0.3) is 38.9 Å². The van der Waals surface area contributed by atoms with Gasteiger partial charge in [0.1, 0.15) is 11.4 Å².